The molecule has 2 aliphatic rings. The second-order valence-electron chi connectivity index (χ2n) is 4.43. The minimum atomic E-state index is -0.945. The lowest BCUT2D eigenvalue weighted by atomic mass is 9.90. The highest BCUT2D eigenvalue weighted by molar-refractivity contribution is 6.07. The highest BCUT2D eigenvalue weighted by Gasteiger charge is 2.58. The van der Waals surface area contributed by atoms with Gasteiger partial charge in [0.1, 0.15) is 12.7 Å². The lowest BCUT2D eigenvalue weighted by Crippen LogP contribution is -2.28. The van der Waals surface area contributed by atoms with Gasteiger partial charge in [-0.15, -0.1) is 0 Å². The zero-order valence-electron chi connectivity index (χ0n) is 11.6. The van der Waals surface area contributed by atoms with Crippen LogP contribution < -0.4 is 0 Å². The van der Waals surface area contributed by atoms with Gasteiger partial charge >= 0.3 is 17.9 Å². The lowest BCUT2D eigenvalue weighted by Gasteiger charge is -2.16. The van der Waals surface area contributed by atoms with E-state index in [1.165, 1.54) is 26.4 Å². The molecule has 1 fully saturated rings. The predicted molar refractivity (Wildman–Crippen MR) is 69.0 cm³/mol. The van der Waals surface area contributed by atoms with E-state index in [2.05, 4.69) is 16.1 Å². The van der Waals surface area contributed by atoms with Crippen LogP contribution in [0.25, 0.3) is 0 Å². The van der Waals surface area contributed by atoms with Crippen molar-refractivity contribution in [3.05, 3.63) is 36.0 Å². The van der Waals surface area contributed by atoms with Crippen LogP contribution >= 0.6 is 0 Å². The number of esters is 3. The van der Waals surface area contributed by atoms with Crippen molar-refractivity contribution < 1.29 is 33.3 Å². The fourth-order valence-corrected chi connectivity index (χ4v) is 2.02. The molecule has 0 aromatic heterocycles. The van der Waals surface area contributed by atoms with Gasteiger partial charge in [0, 0.05) is 6.08 Å². The first-order valence-electron chi connectivity index (χ1n) is 6.06. The Morgan fingerprint density at radius 3 is 2.48 bits per heavy atom. The summed E-state index contributed by atoms with van der Waals surface area (Å²) in [7, 11) is 2.40. The van der Waals surface area contributed by atoms with E-state index >= 15 is 0 Å². The Hall–Kier alpha value is -2.41. The number of carbonyl (C=O) groups excluding carboxylic acids is 3. The maximum absolute atomic E-state index is 11.8. The average Bonchev–Trinajstić information content (AvgIpc) is 3.23. The molecule has 2 atom stereocenters. The van der Waals surface area contributed by atoms with Crippen molar-refractivity contribution in [3.8, 4) is 0 Å². The lowest BCUT2D eigenvalue weighted by molar-refractivity contribution is -0.140. The van der Waals surface area contributed by atoms with Crippen molar-refractivity contribution in [2.75, 3.05) is 20.8 Å². The number of hydrogen-bond acceptors (Lipinski definition) is 7. The van der Waals surface area contributed by atoms with Gasteiger partial charge in [0.2, 0.25) is 0 Å². The molecule has 2 unspecified atom stereocenters. The molecule has 7 nitrogen and oxygen atoms in total. The van der Waals surface area contributed by atoms with E-state index in [-0.39, 0.29) is 17.8 Å². The summed E-state index contributed by atoms with van der Waals surface area (Å²) in [6.07, 6.45) is 3.45. The number of hydrogen-bond donors (Lipinski definition) is 0. The maximum atomic E-state index is 11.8. The van der Waals surface area contributed by atoms with Crippen molar-refractivity contribution in [2.45, 2.75) is 11.7 Å². The molecule has 21 heavy (non-hydrogen) atoms. The van der Waals surface area contributed by atoms with E-state index in [1.54, 1.807) is 0 Å². The highest BCUT2D eigenvalue weighted by Crippen LogP contribution is 2.45. The molecular weight excluding hydrogens is 280 g/mol. The van der Waals surface area contributed by atoms with Crippen LogP contribution in [0.1, 0.15) is 0 Å². The minimum Gasteiger partial charge on any atom is -0.465 e. The van der Waals surface area contributed by atoms with Gasteiger partial charge in [-0.1, -0.05) is 6.58 Å². The summed E-state index contributed by atoms with van der Waals surface area (Å²) in [5, 5.41) is 0. The third kappa shape index (κ3) is 2.73. The molecule has 112 valence electrons. The number of ether oxygens (including phenoxy) is 4. The molecule has 1 heterocycles. The zero-order valence-corrected chi connectivity index (χ0v) is 11.6. The molecule has 0 aromatic rings. The van der Waals surface area contributed by atoms with Crippen molar-refractivity contribution >= 4 is 17.9 Å². The molecular formula is C14H14O7. The molecule has 0 bridgehead atoms. The van der Waals surface area contributed by atoms with Crippen LogP contribution in [0, 0.1) is 0 Å². The third-order valence-electron chi connectivity index (χ3n) is 3.18. The van der Waals surface area contributed by atoms with Crippen LogP contribution in [0.15, 0.2) is 36.0 Å². The first-order chi connectivity index (χ1) is 9.97. The van der Waals surface area contributed by atoms with Gasteiger partial charge < -0.3 is 18.9 Å². The van der Waals surface area contributed by atoms with E-state index < -0.39 is 29.6 Å². The number of carbonyl (C=O) groups is 3. The Kier molecular flexibility index (Phi) is 3.95. The topological polar surface area (TPSA) is 91.4 Å². The van der Waals surface area contributed by atoms with Crippen LogP contribution in [-0.4, -0.2) is 50.4 Å². The standard InChI is InChI=1S/C14H14O7/c1-4-11(15)20-7-14-6-9(13(17)19-3)8(12(16)18-2)5-10(14)21-14/h4-6,10H,1,7H2,2-3H3. The normalized spacial score (nSPS) is 25.7. The molecule has 0 saturated carbocycles. The Balaban J connectivity index is 2.24. The van der Waals surface area contributed by atoms with Gasteiger partial charge in [-0.25, -0.2) is 14.4 Å². The smallest absolute Gasteiger partial charge is 0.338 e. The summed E-state index contributed by atoms with van der Waals surface area (Å²) < 4.78 is 19.6. The van der Waals surface area contributed by atoms with Crippen molar-refractivity contribution in [3.63, 3.8) is 0 Å². The maximum Gasteiger partial charge on any atom is 0.338 e. The van der Waals surface area contributed by atoms with Crippen molar-refractivity contribution in [2.24, 2.45) is 0 Å². The molecule has 0 spiro atoms. The monoisotopic (exact) mass is 294 g/mol. The number of fused-ring (bicyclic) bond motifs is 1. The Morgan fingerprint density at radius 2 is 1.90 bits per heavy atom. The summed E-state index contributed by atoms with van der Waals surface area (Å²) in [6.45, 7) is 3.20. The Labute approximate surface area is 120 Å². The van der Waals surface area contributed by atoms with Crippen LogP contribution in [0.5, 0.6) is 0 Å². The molecule has 1 saturated heterocycles. The molecule has 0 radical (unpaired) electrons. The largest absolute Gasteiger partial charge is 0.465 e. The third-order valence-corrected chi connectivity index (χ3v) is 3.18. The summed E-state index contributed by atoms with van der Waals surface area (Å²) >= 11 is 0. The van der Waals surface area contributed by atoms with E-state index in [0.717, 1.165) is 6.08 Å². The Morgan fingerprint density at radius 1 is 1.29 bits per heavy atom. The summed E-state index contributed by atoms with van der Waals surface area (Å²) in [4.78, 5) is 34.6. The van der Waals surface area contributed by atoms with Gasteiger partial charge in [0.05, 0.1) is 25.4 Å². The van der Waals surface area contributed by atoms with E-state index in [0.29, 0.717) is 0 Å². The summed E-state index contributed by atoms with van der Waals surface area (Å²) in [5.74, 6) is -1.97. The average molecular weight is 294 g/mol. The van der Waals surface area contributed by atoms with Crippen LogP contribution in [0.4, 0.5) is 0 Å². The second-order valence-corrected chi connectivity index (χ2v) is 4.43. The van der Waals surface area contributed by atoms with E-state index in [1.807, 2.05) is 0 Å². The van der Waals surface area contributed by atoms with Crippen molar-refractivity contribution in [1.29, 1.82) is 0 Å². The fourth-order valence-electron chi connectivity index (χ4n) is 2.02. The molecule has 0 aromatic carbocycles. The van der Waals surface area contributed by atoms with Crippen molar-refractivity contribution in [1.82, 2.24) is 0 Å². The molecule has 2 rings (SSSR count). The zero-order chi connectivity index (χ0) is 15.6. The molecule has 1 aliphatic carbocycles. The molecule has 7 heteroatoms. The Bertz CT molecular complexity index is 572. The van der Waals surface area contributed by atoms with Gasteiger partial charge in [-0.05, 0) is 12.2 Å². The second kappa shape index (κ2) is 5.53. The molecule has 1 aliphatic heterocycles. The summed E-state index contributed by atoms with van der Waals surface area (Å²) in [6, 6.07) is 0. The van der Waals surface area contributed by atoms with Gasteiger partial charge in [-0.3, -0.25) is 0 Å². The highest BCUT2D eigenvalue weighted by atomic mass is 16.6. The first kappa shape index (κ1) is 15.0. The predicted octanol–water partition coefficient (Wildman–Crippen LogP) is 0.0656. The number of methoxy groups -OCH3 is 2. The minimum absolute atomic E-state index is 0.0211. The number of rotatable bonds is 5. The van der Waals surface area contributed by atoms with Gasteiger partial charge in [-0.2, -0.15) is 0 Å². The van der Waals surface area contributed by atoms with Crippen LogP contribution in [-0.2, 0) is 33.3 Å². The first-order valence-corrected chi connectivity index (χ1v) is 6.06. The molecule has 0 N–H and O–H groups in total. The molecule has 0 amide bonds. The van der Waals surface area contributed by atoms with E-state index in [9.17, 15) is 14.4 Å². The fraction of sp³-hybridized carbons (Fsp3) is 0.357. The van der Waals surface area contributed by atoms with Gasteiger partial charge in [0.15, 0.2) is 5.60 Å². The van der Waals surface area contributed by atoms with E-state index in [4.69, 9.17) is 9.47 Å². The number of epoxide rings is 1. The van der Waals surface area contributed by atoms with Gasteiger partial charge in [0.25, 0.3) is 0 Å². The van der Waals surface area contributed by atoms with Crippen LogP contribution in [0.3, 0.4) is 0 Å². The SMILES string of the molecule is C=CC(=O)OCC12C=C(C(=O)OC)C(C(=O)OC)=CC1O2. The van der Waals surface area contributed by atoms with Crippen LogP contribution in [0.2, 0.25) is 0 Å². The quantitative estimate of drug-likeness (QED) is 0.306. The summed E-state index contributed by atoms with van der Waals surface area (Å²) in [5.41, 5.74) is -0.857.